The Balaban J connectivity index is 0.00000341. The highest BCUT2D eigenvalue weighted by atomic mass is 127. The highest BCUT2D eigenvalue weighted by Crippen LogP contribution is 2.32. The number of hydrogen-bond donors (Lipinski definition) is 1. The molecule has 0 spiro atoms. The molecule has 1 amide bonds. The van der Waals surface area contributed by atoms with Gasteiger partial charge in [-0.15, -0.1) is 24.0 Å². The number of nitrogens with one attached hydrogen (secondary N) is 1. The highest BCUT2D eigenvalue weighted by Gasteiger charge is 2.35. The molecule has 1 aliphatic carbocycles. The molecule has 1 aromatic rings. The van der Waals surface area contributed by atoms with E-state index in [4.69, 9.17) is 9.73 Å². The van der Waals surface area contributed by atoms with Gasteiger partial charge in [-0.05, 0) is 59.3 Å². The standard InChI is InChI=1S/C22H38N6O2.HI/c1-6-23-20(24-13-18-14-25-26(5)15-18)27-11-9-19(10-12-27)28(16-17-7-8-17)21(29)30-22(2,3)4;/h14-15,17,19H,6-13,16H2,1-5H3,(H,23,24);1H. The lowest BCUT2D eigenvalue weighted by Gasteiger charge is -2.40. The largest absolute Gasteiger partial charge is 0.444 e. The molecule has 2 fully saturated rings. The molecule has 2 aliphatic rings. The third kappa shape index (κ3) is 8.16. The van der Waals surface area contributed by atoms with E-state index in [9.17, 15) is 4.79 Å². The van der Waals surface area contributed by atoms with Crippen molar-refractivity contribution in [2.45, 2.75) is 71.6 Å². The molecule has 1 saturated heterocycles. The first kappa shape index (κ1) is 25.7. The molecule has 0 aromatic carbocycles. The lowest BCUT2D eigenvalue weighted by molar-refractivity contribution is 0.00928. The van der Waals surface area contributed by atoms with Gasteiger partial charge in [0.25, 0.3) is 0 Å². The molecule has 1 N–H and O–H groups in total. The average molecular weight is 546 g/mol. The highest BCUT2D eigenvalue weighted by molar-refractivity contribution is 14.0. The number of hydrogen-bond acceptors (Lipinski definition) is 4. The minimum atomic E-state index is -0.462. The number of aromatic nitrogens is 2. The van der Waals surface area contributed by atoms with Crippen LogP contribution >= 0.6 is 24.0 Å². The van der Waals surface area contributed by atoms with Crippen molar-refractivity contribution in [3.63, 3.8) is 0 Å². The van der Waals surface area contributed by atoms with Crippen LogP contribution in [0.1, 0.15) is 58.9 Å². The minimum Gasteiger partial charge on any atom is -0.444 e. The summed E-state index contributed by atoms with van der Waals surface area (Å²) in [6.07, 6.45) is 8.01. The monoisotopic (exact) mass is 546 g/mol. The summed E-state index contributed by atoms with van der Waals surface area (Å²) in [6.45, 7) is 11.9. The number of amides is 1. The summed E-state index contributed by atoms with van der Waals surface area (Å²) >= 11 is 0. The van der Waals surface area contributed by atoms with E-state index in [0.29, 0.717) is 12.5 Å². The van der Waals surface area contributed by atoms with Crippen molar-refractivity contribution in [2.75, 3.05) is 26.2 Å². The maximum Gasteiger partial charge on any atom is 0.410 e. The minimum absolute atomic E-state index is 0. The fourth-order valence-electron chi connectivity index (χ4n) is 3.81. The Kier molecular flexibility index (Phi) is 9.45. The normalized spacial score (nSPS) is 17.8. The van der Waals surface area contributed by atoms with Crippen LogP contribution in [0.4, 0.5) is 4.79 Å². The summed E-state index contributed by atoms with van der Waals surface area (Å²) in [5.74, 6) is 1.58. The van der Waals surface area contributed by atoms with E-state index in [1.165, 1.54) is 12.8 Å². The van der Waals surface area contributed by atoms with Gasteiger partial charge in [0.15, 0.2) is 5.96 Å². The molecule has 0 bridgehead atoms. The summed E-state index contributed by atoms with van der Waals surface area (Å²) in [7, 11) is 1.92. The molecule has 31 heavy (non-hydrogen) atoms. The molecular weight excluding hydrogens is 507 g/mol. The summed E-state index contributed by atoms with van der Waals surface area (Å²) < 4.78 is 7.51. The van der Waals surface area contributed by atoms with Crippen LogP contribution in [0.3, 0.4) is 0 Å². The Hall–Kier alpha value is -1.52. The Bertz CT molecular complexity index is 733. The van der Waals surface area contributed by atoms with Crippen molar-refractivity contribution in [3.8, 4) is 0 Å². The Labute approximate surface area is 203 Å². The fourth-order valence-corrected chi connectivity index (χ4v) is 3.81. The Morgan fingerprint density at radius 1 is 1.29 bits per heavy atom. The Morgan fingerprint density at radius 3 is 2.48 bits per heavy atom. The molecule has 8 nitrogen and oxygen atoms in total. The second-order valence-electron chi connectivity index (χ2n) is 9.49. The summed E-state index contributed by atoms with van der Waals surface area (Å²) in [5.41, 5.74) is 0.639. The van der Waals surface area contributed by atoms with Crippen LogP contribution in [0, 0.1) is 5.92 Å². The van der Waals surface area contributed by atoms with Crippen LogP contribution in [0.5, 0.6) is 0 Å². The maximum atomic E-state index is 12.8. The fraction of sp³-hybridized carbons (Fsp3) is 0.773. The molecule has 1 aromatic heterocycles. The molecule has 176 valence electrons. The third-order valence-corrected chi connectivity index (χ3v) is 5.49. The number of aliphatic imine (C=N–C) groups is 1. The lowest BCUT2D eigenvalue weighted by atomic mass is 10.0. The number of piperidine rings is 1. The average Bonchev–Trinajstić information content (AvgIpc) is 3.41. The maximum absolute atomic E-state index is 12.8. The van der Waals surface area contributed by atoms with Gasteiger partial charge in [-0.1, -0.05) is 0 Å². The topological polar surface area (TPSA) is 75.0 Å². The van der Waals surface area contributed by atoms with Crippen LogP contribution in [0.25, 0.3) is 0 Å². The zero-order chi connectivity index (χ0) is 21.7. The van der Waals surface area contributed by atoms with E-state index >= 15 is 0 Å². The van der Waals surface area contributed by atoms with Gasteiger partial charge in [-0.25, -0.2) is 9.79 Å². The summed E-state index contributed by atoms with van der Waals surface area (Å²) in [6, 6.07) is 0.234. The van der Waals surface area contributed by atoms with Gasteiger partial charge in [-0.2, -0.15) is 5.10 Å². The molecule has 2 heterocycles. The summed E-state index contributed by atoms with van der Waals surface area (Å²) in [4.78, 5) is 22.0. The Morgan fingerprint density at radius 2 is 1.97 bits per heavy atom. The lowest BCUT2D eigenvalue weighted by Crippen LogP contribution is -2.52. The van der Waals surface area contributed by atoms with Crippen LogP contribution < -0.4 is 5.32 Å². The van der Waals surface area contributed by atoms with E-state index in [1.807, 2.05) is 45.1 Å². The van der Waals surface area contributed by atoms with Crippen LogP contribution in [0.2, 0.25) is 0 Å². The smallest absolute Gasteiger partial charge is 0.410 e. The molecule has 0 radical (unpaired) electrons. The van der Waals surface area contributed by atoms with Crippen molar-refractivity contribution in [2.24, 2.45) is 18.0 Å². The van der Waals surface area contributed by atoms with Gasteiger partial charge in [0.2, 0.25) is 0 Å². The van der Waals surface area contributed by atoms with E-state index in [0.717, 1.165) is 50.5 Å². The zero-order valence-electron chi connectivity index (χ0n) is 19.6. The molecule has 0 unspecified atom stereocenters. The van der Waals surface area contributed by atoms with Crippen LogP contribution in [0.15, 0.2) is 17.4 Å². The van der Waals surface area contributed by atoms with E-state index < -0.39 is 5.60 Å². The van der Waals surface area contributed by atoms with E-state index in [2.05, 4.69) is 22.2 Å². The SMILES string of the molecule is CCNC(=NCc1cnn(C)c1)N1CCC(N(CC2CC2)C(=O)OC(C)(C)C)CC1.I. The molecular formula is C22H39IN6O2. The predicted molar refractivity (Wildman–Crippen MR) is 134 cm³/mol. The molecule has 9 heteroatoms. The predicted octanol–water partition coefficient (Wildman–Crippen LogP) is 3.62. The van der Waals surface area contributed by atoms with Crippen molar-refractivity contribution >= 4 is 36.0 Å². The van der Waals surface area contributed by atoms with Gasteiger partial charge >= 0.3 is 6.09 Å². The quantitative estimate of drug-likeness (QED) is 0.335. The van der Waals surface area contributed by atoms with Gasteiger partial charge in [0.05, 0.1) is 12.7 Å². The number of carbonyl (C=O) groups excluding carboxylic acids is 1. The van der Waals surface area contributed by atoms with Gasteiger partial charge in [-0.3, -0.25) is 4.68 Å². The molecule has 1 saturated carbocycles. The number of ether oxygens (including phenoxy) is 1. The van der Waals surface area contributed by atoms with Crippen molar-refractivity contribution in [1.29, 1.82) is 0 Å². The first-order chi connectivity index (χ1) is 14.2. The second kappa shape index (κ2) is 11.4. The van der Waals surface area contributed by atoms with Gasteiger partial charge in [0, 0.05) is 51.0 Å². The number of halogens is 1. The number of rotatable bonds is 6. The van der Waals surface area contributed by atoms with Crippen molar-refractivity contribution < 1.29 is 9.53 Å². The number of guanidine groups is 1. The van der Waals surface area contributed by atoms with Crippen molar-refractivity contribution in [3.05, 3.63) is 18.0 Å². The first-order valence-electron chi connectivity index (χ1n) is 11.3. The van der Waals surface area contributed by atoms with E-state index in [-0.39, 0.29) is 36.1 Å². The van der Waals surface area contributed by atoms with Gasteiger partial charge in [0.1, 0.15) is 5.60 Å². The molecule has 1 aliphatic heterocycles. The number of carbonyl (C=O) groups is 1. The van der Waals surface area contributed by atoms with Crippen molar-refractivity contribution in [1.82, 2.24) is 24.9 Å². The first-order valence-corrected chi connectivity index (χ1v) is 11.3. The third-order valence-electron chi connectivity index (χ3n) is 5.49. The number of nitrogens with zero attached hydrogens (tertiary/aromatic N) is 5. The van der Waals surface area contributed by atoms with E-state index in [1.54, 1.807) is 4.68 Å². The van der Waals surface area contributed by atoms with Crippen LogP contribution in [-0.4, -0.2) is 69.5 Å². The summed E-state index contributed by atoms with van der Waals surface area (Å²) in [5, 5.41) is 7.63. The molecule has 3 rings (SSSR count). The number of aryl methyl sites for hydroxylation is 1. The second-order valence-corrected chi connectivity index (χ2v) is 9.49. The van der Waals surface area contributed by atoms with Gasteiger partial charge < -0.3 is 19.9 Å². The molecule has 0 atom stereocenters. The zero-order valence-corrected chi connectivity index (χ0v) is 22.0. The van der Waals surface area contributed by atoms with Crippen LogP contribution in [-0.2, 0) is 18.3 Å². The number of likely N-dealkylation sites (tertiary alicyclic amines) is 1.